The van der Waals surface area contributed by atoms with Gasteiger partial charge in [0.2, 0.25) is 10.0 Å². The molecule has 1 aliphatic heterocycles. The van der Waals surface area contributed by atoms with Crippen molar-refractivity contribution in [2.75, 3.05) is 20.2 Å². The van der Waals surface area contributed by atoms with Gasteiger partial charge in [-0.15, -0.1) is 0 Å². The van der Waals surface area contributed by atoms with Crippen molar-refractivity contribution >= 4 is 10.0 Å². The van der Waals surface area contributed by atoms with Gasteiger partial charge in [-0.05, 0) is 32.0 Å². The van der Waals surface area contributed by atoms with Gasteiger partial charge in [0.15, 0.2) is 11.6 Å². The Morgan fingerprint density at radius 2 is 1.90 bits per heavy atom. The number of halogens is 1. The Balaban J connectivity index is 2.32. The van der Waals surface area contributed by atoms with Crippen LogP contribution in [0.1, 0.15) is 13.8 Å². The first kappa shape index (κ1) is 15.2. The predicted octanol–water partition coefficient (Wildman–Crippen LogP) is 1.21. The fraction of sp³-hybridized carbons (Fsp3) is 0.538. The van der Waals surface area contributed by atoms with Gasteiger partial charge in [-0.25, -0.2) is 12.8 Å². The molecule has 2 rings (SSSR count). The molecular weight excluding hydrogens is 283 g/mol. The molecule has 0 saturated carbocycles. The summed E-state index contributed by atoms with van der Waals surface area (Å²) in [5, 5.41) is 3.26. The Labute approximate surface area is 118 Å². The number of sulfonamides is 1. The lowest BCUT2D eigenvalue weighted by Gasteiger charge is -2.35. The van der Waals surface area contributed by atoms with Crippen LogP contribution in [-0.4, -0.2) is 45.0 Å². The van der Waals surface area contributed by atoms with E-state index < -0.39 is 15.8 Å². The van der Waals surface area contributed by atoms with Gasteiger partial charge < -0.3 is 10.1 Å². The summed E-state index contributed by atoms with van der Waals surface area (Å²) in [5.74, 6) is -0.643. The molecule has 1 aromatic rings. The molecule has 0 spiro atoms. The van der Waals surface area contributed by atoms with Crippen molar-refractivity contribution in [3.63, 3.8) is 0 Å². The minimum absolute atomic E-state index is 0.0333. The number of hydrogen-bond donors (Lipinski definition) is 1. The van der Waals surface area contributed by atoms with Crippen molar-refractivity contribution in [3.8, 4) is 5.75 Å². The maximum Gasteiger partial charge on any atom is 0.243 e. The largest absolute Gasteiger partial charge is 0.494 e. The molecule has 5 nitrogen and oxygen atoms in total. The summed E-state index contributed by atoms with van der Waals surface area (Å²) < 4.78 is 44.9. The summed E-state index contributed by atoms with van der Waals surface area (Å²) in [5.41, 5.74) is 0. The van der Waals surface area contributed by atoms with Gasteiger partial charge in [-0.3, -0.25) is 0 Å². The molecule has 1 N–H and O–H groups in total. The average molecular weight is 302 g/mol. The van der Waals surface area contributed by atoms with E-state index in [1.807, 2.05) is 13.8 Å². The van der Waals surface area contributed by atoms with Gasteiger partial charge in [0.25, 0.3) is 0 Å². The topological polar surface area (TPSA) is 58.6 Å². The minimum Gasteiger partial charge on any atom is -0.494 e. The highest BCUT2D eigenvalue weighted by Crippen LogP contribution is 2.24. The van der Waals surface area contributed by atoms with Crippen LogP contribution in [0.2, 0.25) is 0 Å². The number of piperazine rings is 1. The molecule has 0 bridgehead atoms. The van der Waals surface area contributed by atoms with Gasteiger partial charge in [-0.2, -0.15) is 4.31 Å². The second kappa shape index (κ2) is 5.67. The molecule has 0 unspecified atom stereocenters. The van der Waals surface area contributed by atoms with Crippen LogP contribution >= 0.6 is 0 Å². The summed E-state index contributed by atoms with van der Waals surface area (Å²) in [6.07, 6.45) is 0. The molecular formula is C13H19FN2O3S. The van der Waals surface area contributed by atoms with E-state index in [2.05, 4.69) is 5.32 Å². The lowest BCUT2D eigenvalue weighted by molar-refractivity contribution is 0.263. The normalized spacial score (nSPS) is 24.6. The third-order valence-corrected chi connectivity index (χ3v) is 5.11. The number of nitrogens with zero attached hydrogens (tertiary/aromatic N) is 1. The molecule has 1 heterocycles. The zero-order valence-electron chi connectivity index (χ0n) is 11.8. The van der Waals surface area contributed by atoms with Gasteiger partial charge in [0.05, 0.1) is 12.0 Å². The summed E-state index contributed by atoms with van der Waals surface area (Å²) >= 11 is 0. The Morgan fingerprint density at radius 1 is 1.30 bits per heavy atom. The maximum absolute atomic E-state index is 13.7. The van der Waals surface area contributed by atoms with Crippen LogP contribution in [0.5, 0.6) is 5.75 Å². The molecule has 0 aliphatic carbocycles. The predicted molar refractivity (Wildman–Crippen MR) is 73.8 cm³/mol. The first-order valence-electron chi connectivity index (χ1n) is 6.44. The van der Waals surface area contributed by atoms with E-state index in [1.54, 1.807) is 0 Å². The van der Waals surface area contributed by atoms with Crippen molar-refractivity contribution in [1.29, 1.82) is 0 Å². The van der Waals surface area contributed by atoms with Crippen molar-refractivity contribution in [2.45, 2.75) is 30.8 Å². The van der Waals surface area contributed by atoms with Crippen molar-refractivity contribution in [3.05, 3.63) is 24.0 Å². The van der Waals surface area contributed by atoms with E-state index in [4.69, 9.17) is 4.74 Å². The summed E-state index contributed by atoms with van der Waals surface area (Å²) in [6.45, 7) is 4.60. The maximum atomic E-state index is 13.7. The Kier molecular flexibility index (Phi) is 4.31. The van der Waals surface area contributed by atoms with Crippen LogP contribution in [0.4, 0.5) is 4.39 Å². The zero-order valence-corrected chi connectivity index (χ0v) is 12.6. The Bertz CT molecular complexity index is 581. The molecule has 0 radical (unpaired) electrons. The van der Waals surface area contributed by atoms with E-state index >= 15 is 0 Å². The molecule has 1 fully saturated rings. The molecule has 0 aromatic heterocycles. The molecule has 20 heavy (non-hydrogen) atoms. The fourth-order valence-corrected chi connectivity index (χ4v) is 4.06. The zero-order chi connectivity index (χ0) is 14.9. The first-order chi connectivity index (χ1) is 9.34. The van der Waals surface area contributed by atoms with Crippen molar-refractivity contribution in [1.82, 2.24) is 9.62 Å². The van der Waals surface area contributed by atoms with Crippen LogP contribution in [0.3, 0.4) is 0 Å². The number of benzene rings is 1. The van der Waals surface area contributed by atoms with Crippen LogP contribution < -0.4 is 10.1 Å². The second-order valence-electron chi connectivity index (χ2n) is 5.09. The molecule has 0 amide bonds. The first-order valence-corrected chi connectivity index (χ1v) is 7.88. The quantitative estimate of drug-likeness (QED) is 0.911. The lowest BCUT2D eigenvalue weighted by Crippen LogP contribution is -2.55. The summed E-state index contributed by atoms with van der Waals surface area (Å²) in [4.78, 5) is -0.0444. The van der Waals surface area contributed by atoms with Crippen LogP contribution in [0.25, 0.3) is 0 Å². The van der Waals surface area contributed by atoms with E-state index in [0.29, 0.717) is 13.1 Å². The van der Waals surface area contributed by atoms with E-state index in [-0.39, 0.29) is 22.7 Å². The summed E-state index contributed by atoms with van der Waals surface area (Å²) in [6, 6.07) is 3.84. The lowest BCUT2D eigenvalue weighted by atomic mass is 10.2. The number of ether oxygens (including phenoxy) is 1. The smallest absolute Gasteiger partial charge is 0.243 e. The van der Waals surface area contributed by atoms with Crippen molar-refractivity contribution < 1.29 is 17.5 Å². The highest BCUT2D eigenvalue weighted by molar-refractivity contribution is 7.89. The van der Waals surface area contributed by atoms with E-state index in [0.717, 1.165) is 6.07 Å². The average Bonchev–Trinajstić information content (AvgIpc) is 2.37. The Hall–Kier alpha value is -1.18. The van der Waals surface area contributed by atoms with E-state index in [1.165, 1.54) is 23.5 Å². The SMILES string of the molecule is COc1ccc(S(=O)(=O)N2C[C@H](C)N[C@@H](C)C2)cc1F. The van der Waals surface area contributed by atoms with Crippen LogP contribution in [-0.2, 0) is 10.0 Å². The Morgan fingerprint density at radius 3 is 2.40 bits per heavy atom. The number of nitrogens with one attached hydrogen (secondary N) is 1. The standard InChI is InChI=1S/C13H19FN2O3S/c1-9-7-16(8-10(2)15-9)20(17,18)11-4-5-13(19-3)12(14)6-11/h4-6,9-10,15H,7-8H2,1-3H3/t9-,10-/m0/s1. The fourth-order valence-electron chi connectivity index (χ4n) is 2.43. The molecule has 1 saturated heterocycles. The molecule has 7 heteroatoms. The third kappa shape index (κ3) is 2.94. The highest BCUT2D eigenvalue weighted by atomic mass is 32.2. The van der Waals surface area contributed by atoms with Gasteiger partial charge in [-0.1, -0.05) is 0 Å². The van der Waals surface area contributed by atoms with Gasteiger partial charge in [0, 0.05) is 25.2 Å². The van der Waals surface area contributed by atoms with Gasteiger partial charge >= 0.3 is 0 Å². The summed E-state index contributed by atoms with van der Waals surface area (Å²) in [7, 11) is -2.34. The highest BCUT2D eigenvalue weighted by Gasteiger charge is 2.31. The third-order valence-electron chi connectivity index (χ3n) is 3.29. The molecule has 2 atom stereocenters. The second-order valence-corrected chi connectivity index (χ2v) is 7.03. The van der Waals surface area contributed by atoms with E-state index in [9.17, 15) is 12.8 Å². The number of hydrogen-bond acceptors (Lipinski definition) is 4. The number of methoxy groups -OCH3 is 1. The minimum atomic E-state index is -3.68. The van der Waals surface area contributed by atoms with Crippen LogP contribution in [0.15, 0.2) is 23.1 Å². The van der Waals surface area contributed by atoms with Gasteiger partial charge in [0.1, 0.15) is 0 Å². The molecule has 1 aliphatic rings. The number of rotatable bonds is 3. The monoisotopic (exact) mass is 302 g/mol. The van der Waals surface area contributed by atoms with Crippen molar-refractivity contribution in [2.24, 2.45) is 0 Å². The molecule has 1 aromatic carbocycles. The molecule has 112 valence electrons. The van der Waals surface area contributed by atoms with Crippen LogP contribution in [0, 0.1) is 5.82 Å².